The molecule has 0 aliphatic heterocycles. The molecular weight excluding hydrogens is 347 g/mol. The highest BCUT2D eigenvalue weighted by Crippen LogP contribution is 2.33. The number of rotatable bonds is 2. The number of fused-ring (bicyclic) bond motifs is 1. The van der Waals surface area contributed by atoms with Gasteiger partial charge in [0.15, 0.2) is 5.58 Å². The lowest BCUT2D eigenvalue weighted by Crippen LogP contribution is -2.27. The van der Waals surface area contributed by atoms with Gasteiger partial charge in [-0.05, 0) is 36.4 Å². The molecule has 6 heteroatoms. The summed E-state index contributed by atoms with van der Waals surface area (Å²) in [4.78, 5) is 16.6. The number of carbonyl (C=O) groups is 1. The first-order chi connectivity index (χ1) is 11.2. The van der Waals surface area contributed by atoms with Crippen LogP contribution in [0.25, 0.3) is 22.6 Å². The van der Waals surface area contributed by atoms with Crippen LogP contribution in [0.1, 0.15) is 20.8 Å². The smallest absolute Gasteiger partial charge is 0.229 e. The van der Waals surface area contributed by atoms with Crippen molar-refractivity contribution in [3.05, 3.63) is 46.4 Å². The largest absolute Gasteiger partial charge is 0.436 e. The van der Waals surface area contributed by atoms with E-state index in [1.54, 1.807) is 36.4 Å². The fourth-order valence-electron chi connectivity index (χ4n) is 2.10. The molecule has 1 aromatic heterocycles. The van der Waals surface area contributed by atoms with Crippen LogP contribution in [-0.2, 0) is 4.79 Å². The zero-order valence-corrected chi connectivity index (χ0v) is 15.0. The number of nitrogens with zero attached hydrogens (tertiary/aromatic N) is 1. The fraction of sp³-hybridized carbons (Fsp3) is 0.222. The number of carbonyl (C=O) groups excluding carboxylic acids is 1. The minimum atomic E-state index is -0.492. The Morgan fingerprint density at radius 3 is 2.58 bits per heavy atom. The molecule has 0 saturated carbocycles. The summed E-state index contributed by atoms with van der Waals surface area (Å²) in [6, 6.07) is 10.4. The van der Waals surface area contributed by atoms with E-state index in [4.69, 9.17) is 27.6 Å². The van der Waals surface area contributed by atoms with Crippen molar-refractivity contribution in [3.63, 3.8) is 0 Å². The monoisotopic (exact) mass is 362 g/mol. The van der Waals surface area contributed by atoms with E-state index in [2.05, 4.69) is 10.3 Å². The SMILES string of the molecule is CC(C)(C)C(=O)Nc1ccc(Cl)c(-c2nc3cc(Cl)ccc3o2)c1. The Labute approximate surface area is 149 Å². The van der Waals surface area contributed by atoms with Gasteiger partial charge in [-0.3, -0.25) is 4.79 Å². The highest BCUT2D eigenvalue weighted by atomic mass is 35.5. The molecule has 1 N–H and O–H groups in total. The Balaban J connectivity index is 2.00. The number of anilines is 1. The summed E-state index contributed by atoms with van der Waals surface area (Å²) in [7, 11) is 0. The van der Waals surface area contributed by atoms with E-state index in [1.165, 1.54) is 0 Å². The quantitative estimate of drug-likeness (QED) is 0.627. The van der Waals surface area contributed by atoms with Crippen LogP contribution >= 0.6 is 23.2 Å². The van der Waals surface area contributed by atoms with Crippen LogP contribution < -0.4 is 5.32 Å². The number of halogens is 2. The number of aromatic nitrogens is 1. The molecule has 0 saturated heterocycles. The lowest BCUT2D eigenvalue weighted by Gasteiger charge is -2.18. The van der Waals surface area contributed by atoms with Crippen LogP contribution in [0.2, 0.25) is 10.0 Å². The molecule has 0 aliphatic rings. The average molecular weight is 363 g/mol. The lowest BCUT2D eigenvalue weighted by molar-refractivity contribution is -0.123. The van der Waals surface area contributed by atoms with E-state index in [9.17, 15) is 4.79 Å². The van der Waals surface area contributed by atoms with Crippen LogP contribution in [0, 0.1) is 5.41 Å². The minimum Gasteiger partial charge on any atom is -0.436 e. The Morgan fingerprint density at radius 1 is 1.12 bits per heavy atom. The third kappa shape index (κ3) is 3.40. The van der Waals surface area contributed by atoms with Crippen LogP contribution in [0.5, 0.6) is 0 Å². The van der Waals surface area contributed by atoms with Crippen LogP contribution in [0.4, 0.5) is 5.69 Å². The number of hydrogen-bond donors (Lipinski definition) is 1. The Bertz CT molecular complexity index is 926. The van der Waals surface area contributed by atoms with E-state index in [-0.39, 0.29) is 5.91 Å². The highest BCUT2D eigenvalue weighted by Gasteiger charge is 2.22. The first-order valence-corrected chi connectivity index (χ1v) is 8.17. The molecule has 1 heterocycles. The molecule has 124 valence electrons. The summed E-state index contributed by atoms with van der Waals surface area (Å²) >= 11 is 12.3. The second kappa shape index (κ2) is 6.11. The number of oxazole rings is 1. The number of hydrogen-bond acceptors (Lipinski definition) is 3. The van der Waals surface area contributed by atoms with E-state index in [1.807, 2.05) is 20.8 Å². The summed E-state index contributed by atoms with van der Waals surface area (Å²) < 4.78 is 5.75. The Morgan fingerprint density at radius 2 is 1.88 bits per heavy atom. The van der Waals surface area contributed by atoms with Gasteiger partial charge in [-0.25, -0.2) is 4.98 Å². The molecule has 0 spiro atoms. The van der Waals surface area contributed by atoms with Crippen LogP contribution in [0.15, 0.2) is 40.8 Å². The van der Waals surface area contributed by atoms with Gasteiger partial charge in [-0.2, -0.15) is 0 Å². The van der Waals surface area contributed by atoms with Crippen molar-refractivity contribution in [2.75, 3.05) is 5.32 Å². The molecule has 1 amide bonds. The van der Waals surface area contributed by atoms with Gasteiger partial charge in [0.05, 0.1) is 10.6 Å². The molecule has 3 aromatic rings. The van der Waals surface area contributed by atoms with Crippen molar-refractivity contribution in [1.82, 2.24) is 4.98 Å². The van der Waals surface area contributed by atoms with Gasteiger partial charge in [0.1, 0.15) is 5.52 Å². The molecule has 0 radical (unpaired) electrons. The van der Waals surface area contributed by atoms with Crippen molar-refractivity contribution in [2.45, 2.75) is 20.8 Å². The van der Waals surface area contributed by atoms with Crippen molar-refractivity contribution < 1.29 is 9.21 Å². The predicted octanol–water partition coefficient (Wildman–Crippen LogP) is 5.79. The predicted molar refractivity (Wildman–Crippen MR) is 97.5 cm³/mol. The molecule has 0 unspecified atom stereocenters. The van der Waals surface area contributed by atoms with Gasteiger partial charge in [0, 0.05) is 16.1 Å². The standard InChI is InChI=1S/C18H16Cl2N2O2/c1-18(2,3)17(23)21-11-5-6-13(20)12(9-11)16-22-14-8-10(19)4-7-15(14)24-16/h4-9H,1-3H3,(H,21,23). The maximum absolute atomic E-state index is 12.1. The van der Waals surface area contributed by atoms with Crippen LogP contribution in [-0.4, -0.2) is 10.9 Å². The number of amides is 1. The summed E-state index contributed by atoms with van der Waals surface area (Å²) in [5.41, 5.74) is 2.02. The normalized spacial score (nSPS) is 11.7. The molecule has 3 rings (SSSR count). The van der Waals surface area contributed by atoms with Crippen LogP contribution in [0.3, 0.4) is 0 Å². The van der Waals surface area contributed by atoms with Crippen molar-refractivity contribution in [1.29, 1.82) is 0 Å². The molecule has 24 heavy (non-hydrogen) atoms. The first-order valence-electron chi connectivity index (χ1n) is 7.41. The third-order valence-electron chi connectivity index (χ3n) is 3.49. The molecule has 2 aromatic carbocycles. The van der Waals surface area contributed by atoms with E-state index < -0.39 is 5.41 Å². The summed E-state index contributed by atoms with van der Waals surface area (Å²) in [6.45, 7) is 5.55. The molecule has 0 fully saturated rings. The van der Waals surface area contributed by atoms with E-state index in [0.29, 0.717) is 38.3 Å². The summed E-state index contributed by atoms with van der Waals surface area (Å²) in [5.74, 6) is 0.296. The number of nitrogens with one attached hydrogen (secondary N) is 1. The summed E-state index contributed by atoms with van der Waals surface area (Å²) in [5, 5.41) is 3.94. The van der Waals surface area contributed by atoms with E-state index in [0.717, 1.165) is 0 Å². The maximum atomic E-state index is 12.1. The Kier molecular flexibility index (Phi) is 4.28. The van der Waals surface area contributed by atoms with Gasteiger partial charge >= 0.3 is 0 Å². The Hall–Kier alpha value is -2.04. The van der Waals surface area contributed by atoms with Gasteiger partial charge in [0.2, 0.25) is 11.8 Å². The molecule has 0 atom stereocenters. The molecule has 0 bridgehead atoms. The second-order valence-corrected chi connectivity index (χ2v) is 7.37. The second-order valence-electron chi connectivity index (χ2n) is 6.53. The highest BCUT2D eigenvalue weighted by molar-refractivity contribution is 6.33. The zero-order chi connectivity index (χ0) is 17.5. The fourth-order valence-corrected chi connectivity index (χ4v) is 2.47. The summed E-state index contributed by atoms with van der Waals surface area (Å²) in [6.07, 6.45) is 0. The minimum absolute atomic E-state index is 0.0832. The third-order valence-corrected chi connectivity index (χ3v) is 4.05. The molecule has 0 aliphatic carbocycles. The number of benzene rings is 2. The van der Waals surface area contributed by atoms with Crippen molar-refractivity contribution >= 4 is 45.9 Å². The molecule has 4 nitrogen and oxygen atoms in total. The van der Waals surface area contributed by atoms with Gasteiger partial charge in [0.25, 0.3) is 0 Å². The van der Waals surface area contributed by atoms with Gasteiger partial charge in [-0.1, -0.05) is 44.0 Å². The topological polar surface area (TPSA) is 55.1 Å². The van der Waals surface area contributed by atoms with Crippen molar-refractivity contribution in [2.24, 2.45) is 5.41 Å². The molecular formula is C18H16Cl2N2O2. The lowest BCUT2D eigenvalue weighted by atomic mass is 9.95. The van der Waals surface area contributed by atoms with Gasteiger partial charge < -0.3 is 9.73 Å². The average Bonchev–Trinajstić information content (AvgIpc) is 2.90. The van der Waals surface area contributed by atoms with Gasteiger partial charge in [-0.15, -0.1) is 0 Å². The zero-order valence-electron chi connectivity index (χ0n) is 13.5. The van der Waals surface area contributed by atoms with Crippen molar-refractivity contribution in [3.8, 4) is 11.5 Å². The first kappa shape index (κ1) is 16.8. The maximum Gasteiger partial charge on any atom is 0.229 e. The van der Waals surface area contributed by atoms with E-state index >= 15 is 0 Å².